The van der Waals surface area contributed by atoms with E-state index in [0.717, 1.165) is 28.7 Å². The van der Waals surface area contributed by atoms with Crippen molar-refractivity contribution in [1.82, 2.24) is 0 Å². The summed E-state index contributed by atoms with van der Waals surface area (Å²) in [5.41, 5.74) is 5.84. The van der Waals surface area contributed by atoms with E-state index in [2.05, 4.69) is 91.6 Å². The fourth-order valence-electron chi connectivity index (χ4n) is 3.25. The number of aryl methyl sites for hydroxylation is 1. The van der Waals surface area contributed by atoms with Gasteiger partial charge < -0.3 is 4.74 Å². The van der Waals surface area contributed by atoms with Crippen LogP contribution in [0.4, 0.5) is 0 Å². The Labute approximate surface area is 166 Å². The van der Waals surface area contributed by atoms with Gasteiger partial charge in [-0.05, 0) is 70.3 Å². The molecule has 0 aliphatic carbocycles. The molecule has 0 aromatic heterocycles. The maximum atomic E-state index is 5.28. The second-order valence-corrected chi connectivity index (χ2v) is 6.81. The number of rotatable bonds is 3. The summed E-state index contributed by atoms with van der Waals surface area (Å²) in [6.07, 6.45) is 1.07. The van der Waals surface area contributed by atoms with E-state index in [1.165, 1.54) is 22.1 Å². The molecule has 1 heteroatoms. The van der Waals surface area contributed by atoms with Gasteiger partial charge in [-0.1, -0.05) is 67.3 Å². The molecule has 0 amide bonds. The summed E-state index contributed by atoms with van der Waals surface area (Å²) in [4.78, 5) is 0. The van der Waals surface area contributed by atoms with Crippen molar-refractivity contribution < 1.29 is 4.74 Å². The molecular weight excluding hydrogens is 340 g/mol. The van der Waals surface area contributed by atoms with Gasteiger partial charge >= 0.3 is 0 Å². The minimum atomic E-state index is 0.871. The smallest absolute Gasteiger partial charge is 0.119 e. The first-order valence-corrected chi connectivity index (χ1v) is 9.54. The third-order valence-corrected chi connectivity index (χ3v) is 4.98. The van der Waals surface area contributed by atoms with Crippen LogP contribution < -0.4 is 4.74 Å². The topological polar surface area (TPSA) is 9.23 Å². The molecule has 0 bridgehead atoms. The van der Waals surface area contributed by atoms with E-state index in [1.807, 2.05) is 12.1 Å². The van der Waals surface area contributed by atoms with Gasteiger partial charge in [0.25, 0.3) is 0 Å². The number of fused-ring (bicyclic) bond motifs is 1. The number of methoxy groups -OCH3 is 1. The molecule has 1 nitrogen and oxygen atoms in total. The molecule has 0 aliphatic rings. The van der Waals surface area contributed by atoms with Gasteiger partial charge in [0.05, 0.1) is 7.11 Å². The van der Waals surface area contributed by atoms with Gasteiger partial charge in [-0.3, -0.25) is 0 Å². The predicted molar refractivity (Wildman–Crippen MR) is 118 cm³/mol. The van der Waals surface area contributed by atoms with Gasteiger partial charge in [0.15, 0.2) is 0 Å². The monoisotopic (exact) mass is 362 g/mol. The molecule has 0 spiro atoms. The highest BCUT2D eigenvalue weighted by Crippen LogP contribution is 2.22. The quantitative estimate of drug-likeness (QED) is 0.379. The van der Waals surface area contributed by atoms with E-state index in [1.54, 1.807) is 7.11 Å². The predicted octanol–water partition coefficient (Wildman–Crippen LogP) is 6.48. The molecule has 4 aromatic rings. The van der Waals surface area contributed by atoms with E-state index < -0.39 is 0 Å². The Kier molecular flexibility index (Phi) is 5.13. The molecule has 0 atom stereocenters. The van der Waals surface area contributed by atoms with Crippen LogP contribution in [0.1, 0.15) is 23.6 Å². The summed E-state index contributed by atoms with van der Waals surface area (Å²) in [7, 11) is 1.69. The summed E-state index contributed by atoms with van der Waals surface area (Å²) in [6.45, 7) is 2.18. The van der Waals surface area contributed by atoms with Crippen LogP contribution in [0.3, 0.4) is 0 Å². The van der Waals surface area contributed by atoms with E-state index in [4.69, 9.17) is 4.74 Å². The highest BCUT2D eigenvalue weighted by molar-refractivity contribution is 5.85. The SMILES string of the molecule is CCc1ccc(-c2ccc(C#Cc3ccc4cc(OC)ccc4c3)cc2)cc1. The average Bonchev–Trinajstić information content (AvgIpc) is 2.77. The zero-order valence-electron chi connectivity index (χ0n) is 16.2. The van der Waals surface area contributed by atoms with Gasteiger partial charge in [0, 0.05) is 11.1 Å². The Bertz CT molecular complexity index is 1160. The Morgan fingerprint density at radius 2 is 1.21 bits per heavy atom. The number of hydrogen-bond acceptors (Lipinski definition) is 1. The zero-order chi connectivity index (χ0) is 19.3. The van der Waals surface area contributed by atoms with Crippen LogP contribution in [0.5, 0.6) is 5.75 Å². The molecule has 4 aromatic carbocycles. The minimum absolute atomic E-state index is 0.871. The Balaban J connectivity index is 1.54. The number of benzene rings is 4. The summed E-state index contributed by atoms with van der Waals surface area (Å²) in [5, 5.41) is 2.32. The second-order valence-electron chi connectivity index (χ2n) is 6.81. The lowest BCUT2D eigenvalue weighted by atomic mass is 10.0. The largest absolute Gasteiger partial charge is 0.497 e. The lowest BCUT2D eigenvalue weighted by Gasteiger charge is -2.03. The first-order chi connectivity index (χ1) is 13.7. The number of hydrogen-bond donors (Lipinski definition) is 0. The maximum Gasteiger partial charge on any atom is 0.119 e. The molecule has 0 N–H and O–H groups in total. The lowest BCUT2D eigenvalue weighted by Crippen LogP contribution is -1.83. The first kappa shape index (κ1) is 17.9. The Morgan fingerprint density at radius 1 is 0.643 bits per heavy atom. The molecule has 0 fully saturated rings. The molecule has 4 rings (SSSR count). The van der Waals surface area contributed by atoms with Crippen LogP contribution >= 0.6 is 0 Å². The van der Waals surface area contributed by atoms with Crippen molar-refractivity contribution in [2.75, 3.05) is 7.11 Å². The maximum absolute atomic E-state index is 5.28. The van der Waals surface area contributed by atoms with Crippen LogP contribution in [0, 0.1) is 11.8 Å². The minimum Gasteiger partial charge on any atom is -0.497 e. The van der Waals surface area contributed by atoms with E-state index in [-0.39, 0.29) is 0 Å². The normalized spacial score (nSPS) is 10.4. The molecule has 0 saturated heterocycles. The first-order valence-electron chi connectivity index (χ1n) is 9.54. The number of ether oxygens (including phenoxy) is 1. The highest BCUT2D eigenvalue weighted by Gasteiger charge is 1.99. The molecular formula is C27H22O. The van der Waals surface area contributed by atoms with Crippen LogP contribution in [0.25, 0.3) is 21.9 Å². The average molecular weight is 362 g/mol. The van der Waals surface area contributed by atoms with Gasteiger partial charge in [-0.15, -0.1) is 0 Å². The highest BCUT2D eigenvalue weighted by atomic mass is 16.5. The van der Waals surface area contributed by atoms with Crippen LogP contribution in [-0.2, 0) is 6.42 Å². The fourth-order valence-corrected chi connectivity index (χ4v) is 3.25. The van der Waals surface area contributed by atoms with Crippen molar-refractivity contribution in [1.29, 1.82) is 0 Å². The van der Waals surface area contributed by atoms with Gasteiger partial charge in [0.2, 0.25) is 0 Å². The van der Waals surface area contributed by atoms with Crippen molar-refractivity contribution in [3.05, 3.63) is 102 Å². The van der Waals surface area contributed by atoms with Gasteiger partial charge in [-0.2, -0.15) is 0 Å². The van der Waals surface area contributed by atoms with E-state index in [0.29, 0.717) is 0 Å². The van der Waals surface area contributed by atoms with Crippen molar-refractivity contribution in [2.45, 2.75) is 13.3 Å². The molecule has 0 radical (unpaired) electrons. The standard InChI is InChI=1S/C27H22O/c1-3-20-6-11-23(12-7-20)24-13-8-21(9-14-24)4-5-22-10-15-26-19-27(28-2)17-16-25(26)18-22/h6-19H,3H2,1-2H3. The lowest BCUT2D eigenvalue weighted by molar-refractivity contribution is 0.415. The van der Waals surface area contributed by atoms with Crippen molar-refractivity contribution >= 4 is 10.8 Å². The van der Waals surface area contributed by atoms with Crippen molar-refractivity contribution in [2.24, 2.45) is 0 Å². The molecule has 0 heterocycles. The third-order valence-electron chi connectivity index (χ3n) is 4.98. The second kappa shape index (κ2) is 8.03. The molecule has 0 aliphatic heterocycles. The summed E-state index contributed by atoms with van der Waals surface area (Å²) in [5.74, 6) is 7.42. The molecule has 0 saturated carbocycles. The molecule has 0 unspecified atom stereocenters. The molecule has 28 heavy (non-hydrogen) atoms. The zero-order valence-corrected chi connectivity index (χ0v) is 16.2. The van der Waals surface area contributed by atoms with E-state index in [9.17, 15) is 0 Å². The summed E-state index contributed by atoms with van der Waals surface area (Å²) in [6, 6.07) is 29.5. The Hall–Kier alpha value is -3.50. The van der Waals surface area contributed by atoms with Gasteiger partial charge in [-0.25, -0.2) is 0 Å². The van der Waals surface area contributed by atoms with Crippen LogP contribution in [-0.4, -0.2) is 7.11 Å². The Morgan fingerprint density at radius 3 is 1.89 bits per heavy atom. The van der Waals surface area contributed by atoms with Crippen molar-refractivity contribution in [3.63, 3.8) is 0 Å². The van der Waals surface area contributed by atoms with Crippen LogP contribution in [0.15, 0.2) is 84.9 Å². The summed E-state index contributed by atoms with van der Waals surface area (Å²) >= 11 is 0. The van der Waals surface area contributed by atoms with Gasteiger partial charge in [0.1, 0.15) is 5.75 Å². The fraction of sp³-hybridized carbons (Fsp3) is 0.111. The van der Waals surface area contributed by atoms with E-state index >= 15 is 0 Å². The van der Waals surface area contributed by atoms with Crippen molar-refractivity contribution in [3.8, 4) is 28.7 Å². The van der Waals surface area contributed by atoms with Crippen LogP contribution in [0.2, 0.25) is 0 Å². The summed E-state index contributed by atoms with van der Waals surface area (Å²) < 4.78 is 5.28. The molecule has 136 valence electrons. The third kappa shape index (κ3) is 3.92.